The lowest BCUT2D eigenvalue weighted by Crippen LogP contribution is -2.27. The summed E-state index contributed by atoms with van der Waals surface area (Å²) in [5, 5.41) is 17.9. The maximum absolute atomic E-state index is 9.61. The van der Waals surface area contributed by atoms with Gasteiger partial charge in [0.25, 0.3) is 0 Å². The van der Waals surface area contributed by atoms with Crippen molar-refractivity contribution >= 4 is 11.6 Å². The van der Waals surface area contributed by atoms with E-state index in [9.17, 15) is 5.11 Å². The van der Waals surface area contributed by atoms with Crippen LogP contribution in [0.25, 0.3) is 0 Å². The van der Waals surface area contributed by atoms with Crippen molar-refractivity contribution in [2.45, 2.75) is 52.8 Å². The molecule has 0 aromatic carbocycles. The van der Waals surface area contributed by atoms with Crippen LogP contribution in [0.4, 0.5) is 0 Å². The Morgan fingerprint density at radius 1 is 1.47 bits per heavy atom. The second-order valence-corrected chi connectivity index (χ2v) is 4.61. The molecule has 0 aliphatic carbocycles. The summed E-state index contributed by atoms with van der Waals surface area (Å²) in [5.74, 6) is 0. The summed E-state index contributed by atoms with van der Waals surface area (Å²) >= 11 is 6.18. The number of aliphatic hydroxyl groups is 1. The summed E-state index contributed by atoms with van der Waals surface area (Å²) in [4.78, 5) is 0. The Balaban J connectivity index is 2.51. The summed E-state index contributed by atoms with van der Waals surface area (Å²) < 4.78 is 1.90. The minimum atomic E-state index is -0.280. The molecule has 17 heavy (non-hydrogen) atoms. The molecule has 0 saturated heterocycles. The van der Waals surface area contributed by atoms with E-state index in [1.54, 1.807) is 0 Å². The zero-order chi connectivity index (χ0) is 12.8. The van der Waals surface area contributed by atoms with E-state index in [2.05, 4.69) is 17.3 Å². The van der Waals surface area contributed by atoms with Gasteiger partial charge >= 0.3 is 0 Å². The Morgan fingerprint density at radius 3 is 2.76 bits per heavy atom. The Kier molecular flexibility index (Phi) is 5.95. The molecular formula is C12H22ClN3O. The normalized spacial score (nSPS) is 13.0. The fraction of sp³-hybridized carbons (Fsp3) is 0.750. The molecule has 0 aliphatic heterocycles. The number of nitrogens with zero attached hydrogens (tertiary/aromatic N) is 2. The molecule has 5 heteroatoms. The molecular weight excluding hydrogens is 238 g/mol. The largest absolute Gasteiger partial charge is 0.392 e. The predicted molar refractivity (Wildman–Crippen MR) is 70.3 cm³/mol. The molecule has 0 fully saturated rings. The lowest BCUT2D eigenvalue weighted by molar-refractivity contribution is 0.160. The number of hydrogen-bond acceptors (Lipinski definition) is 3. The van der Waals surface area contributed by atoms with Crippen LogP contribution < -0.4 is 5.32 Å². The summed E-state index contributed by atoms with van der Waals surface area (Å²) in [6, 6.07) is 0. The third-order valence-corrected chi connectivity index (χ3v) is 3.24. The summed E-state index contributed by atoms with van der Waals surface area (Å²) in [5.41, 5.74) is 1.86. The third-order valence-electron chi connectivity index (χ3n) is 2.75. The Bertz CT molecular complexity index is 352. The second-order valence-electron chi connectivity index (χ2n) is 4.24. The minimum absolute atomic E-state index is 0.280. The fourth-order valence-corrected chi connectivity index (χ4v) is 2.03. The lowest BCUT2D eigenvalue weighted by atomic mass is 10.2. The van der Waals surface area contributed by atoms with Gasteiger partial charge in [0.2, 0.25) is 0 Å². The van der Waals surface area contributed by atoms with Crippen LogP contribution in [0.5, 0.6) is 0 Å². The van der Waals surface area contributed by atoms with E-state index >= 15 is 0 Å². The number of aliphatic hydroxyl groups excluding tert-OH is 1. The molecule has 1 rings (SSSR count). The number of nitrogens with one attached hydrogen (secondary N) is 1. The molecule has 1 aromatic rings. The quantitative estimate of drug-likeness (QED) is 0.789. The molecule has 1 heterocycles. The van der Waals surface area contributed by atoms with Crippen molar-refractivity contribution in [1.29, 1.82) is 0 Å². The van der Waals surface area contributed by atoms with Crippen molar-refractivity contribution in [3.8, 4) is 0 Å². The number of rotatable bonds is 7. The van der Waals surface area contributed by atoms with Crippen molar-refractivity contribution in [3.05, 3.63) is 16.4 Å². The van der Waals surface area contributed by atoms with Crippen molar-refractivity contribution in [3.63, 3.8) is 0 Å². The first kappa shape index (κ1) is 14.5. The summed E-state index contributed by atoms with van der Waals surface area (Å²) in [7, 11) is 0. The van der Waals surface area contributed by atoms with E-state index in [-0.39, 0.29) is 6.10 Å². The zero-order valence-corrected chi connectivity index (χ0v) is 11.6. The molecule has 1 unspecified atom stereocenters. The van der Waals surface area contributed by atoms with Gasteiger partial charge in [-0.1, -0.05) is 24.9 Å². The highest BCUT2D eigenvalue weighted by Crippen LogP contribution is 2.19. The SMILES string of the molecule is CCCC(O)CNCc1c(Cl)c(C)nn1CC. The van der Waals surface area contributed by atoms with Crippen molar-refractivity contribution < 1.29 is 5.11 Å². The Hall–Kier alpha value is -0.580. The maximum atomic E-state index is 9.61. The highest BCUT2D eigenvalue weighted by Gasteiger charge is 2.12. The predicted octanol–water partition coefficient (Wildman–Crippen LogP) is 2.12. The monoisotopic (exact) mass is 259 g/mol. The second kappa shape index (κ2) is 6.99. The van der Waals surface area contributed by atoms with Gasteiger partial charge in [-0.05, 0) is 20.3 Å². The Labute approximate surface area is 108 Å². The minimum Gasteiger partial charge on any atom is -0.392 e. The lowest BCUT2D eigenvalue weighted by Gasteiger charge is -2.11. The fourth-order valence-electron chi connectivity index (χ4n) is 1.83. The molecule has 2 N–H and O–H groups in total. The van der Waals surface area contributed by atoms with Gasteiger partial charge in [0.05, 0.1) is 22.5 Å². The average Bonchev–Trinajstić information content (AvgIpc) is 2.57. The number of hydrogen-bond donors (Lipinski definition) is 2. The number of halogens is 1. The molecule has 0 amide bonds. The first-order valence-corrected chi connectivity index (χ1v) is 6.58. The van der Waals surface area contributed by atoms with E-state index in [0.717, 1.165) is 35.8 Å². The van der Waals surface area contributed by atoms with Crippen LogP contribution in [0.2, 0.25) is 5.02 Å². The van der Waals surface area contributed by atoms with Gasteiger partial charge in [0.15, 0.2) is 0 Å². The van der Waals surface area contributed by atoms with Crippen LogP contribution in [-0.2, 0) is 13.1 Å². The van der Waals surface area contributed by atoms with E-state index in [0.29, 0.717) is 13.1 Å². The average molecular weight is 260 g/mol. The van der Waals surface area contributed by atoms with Crippen molar-refractivity contribution in [2.75, 3.05) is 6.54 Å². The van der Waals surface area contributed by atoms with E-state index in [4.69, 9.17) is 11.6 Å². The Morgan fingerprint density at radius 2 is 2.18 bits per heavy atom. The topological polar surface area (TPSA) is 50.1 Å². The van der Waals surface area contributed by atoms with Gasteiger partial charge in [-0.15, -0.1) is 0 Å². The van der Waals surface area contributed by atoms with Gasteiger partial charge in [-0.25, -0.2) is 0 Å². The molecule has 0 saturated carbocycles. The molecule has 4 nitrogen and oxygen atoms in total. The van der Waals surface area contributed by atoms with Gasteiger partial charge in [0, 0.05) is 19.6 Å². The summed E-state index contributed by atoms with van der Waals surface area (Å²) in [6.07, 6.45) is 1.54. The van der Waals surface area contributed by atoms with Gasteiger partial charge in [-0.3, -0.25) is 4.68 Å². The molecule has 1 aromatic heterocycles. The number of aryl methyl sites for hydroxylation is 2. The van der Waals surface area contributed by atoms with Crippen molar-refractivity contribution in [2.24, 2.45) is 0 Å². The molecule has 0 aliphatic rings. The standard InChI is InChI=1S/C12H22ClN3O/c1-4-6-10(17)7-14-8-11-12(13)9(3)15-16(11)5-2/h10,14,17H,4-8H2,1-3H3. The van der Waals surface area contributed by atoms with Gasteiger partial charge < -0.3 is 10.4 Å². The van der Waals surface area contributed by atoms with Crippen LogP contribution in [-0.4, -0.2) is 27.5 Å². The molecule has 98 valence electrons. The van der Waals surface area contributed by atoms with Crippen LogP contribution in [0, 0.1) is 6.92 Å². The van der Waals surface area contributed by atoms with Crippen LogP contribution in [0.3, 0.4) is 0 Å². The van der Waals surface area contributed by atoms with E-state index in [1.165, 1.54) is 0 Å². The molecule has 1 atom stereocenters. The van der Waals surface area contributed by atoms with Crippen LogP contribution in [0.1, 0.15) is 38.1 Å². The van der Waals surface area contributed by atoms with Crippen molar-refractivity contribution in [1.82, 2.24) is 15.1 Å². The van der Waals surface area contributed by atoms with Crippen LogP contribution >= 0.6 is 11.6 Å². The molecule has 0 radical (unpaired) electrons. The first-order valence-electron chi connectivity index (χ1n) is 6.20. The molecule has 0 bridgehead atoms. The third kappa shape index (κ3) is 3.98. The zero-order valence-electron chi connectivity index (χ0n) is 10.8. The van der Waals surface area contributed by atoms with Crippen LogP contribution in [0.15, 0.2) is 0 Å². The van der Waals surface area contributed by atoms with Gasteiger partial charge in [0.1, 0.15) is 0 Å². The van der Waals surface area contributed by atoms with E-state index in [1.807, 2.05) is 18.5 Å². The molecule has 0 spiro atoms. The summed E-state index contributed by atoms with van der Waals surface area (Å²) in [6.45, 7) is 8.06. The van der Waals surface area contributed by atoms with E-state index < -0.39 is 0 Å². The highest BCUT2D eigenvalue weighted by molar-refractivity contribution is 6.31. The highest BCUT2D eigenvalue weighted by atomic mass is 35.5. The number of aromatic nitrogens is 2. The smallest absolute Gasteiger partial charge is 0.0860 e. The van der Waals surface area contributed by atoms with Gasteiger partial charge in [-0.2, -0.15) is 5.10 Å². The first-order chi connectivity index (χ1) is 8.10. The maximum Gasteiger partial charge on any atom is 0.0860 e.